The number of sulfone groups is 1. The molecule has 0 aliphatic carbocycles. The quantitative estimate of drug-likeness (QED) is 0.426. The van der Waals surface area contributed by atoms with Gasteiger partial charge in [-0.05, 0) is 43.3 Å². The molecule has 0 heterocycles. The SMILES string of the molecule is C[C@H](OC(=O)c1ccc(S(C)(=O)=O)c([N+](=O)[O-])c1)C(=O)Nc1ccc(Cl)cc1. The lowest BCUT2D eigenvalue weighted by molar-refractivity contribution is -0.387. The van der Waals surface area contributed by atoms with Crippen LogP contribution in [0.1, 0.15) is 17.3 Å². The highest BCUT2D eigenvalue weighted by molar-refractivity contribution is 7.90. The normalized spacial score (nSPS) is 12.1. The van der Waals surface area contributed by atoms with Gasteiger partial charge in [-0.2, -0.15) is 0 Å². The molecule has 148 valence electrons. The van der Waals surface area contributed by atoms with E-state index in [1.165, 1.54) is 6.92 Å². The summed E-state index contributed by atoms with van der Waals surface area (Å²) in [6.45, 7) is 1.32. The Balaban J connectivity index is 2.15. The van der Waals surface area contributed by atoms with E-state index in [4.69, 9.17) is 16.3 Å². The van der Waals surface area contributed by atoms with Gasteiger partial charge in [0.25, 0.3) is 11.6 Å². The highest BCUT2D eigenvalue weighted by atomic mass is 35.5. The van der Waals surface area contributed by atoms with Gasteiger partial charge >= 0.3 is 5.97 Å². The topological polar surface area (TPSA) is 133 Å². The zero-order chi connectivity index (χ0) is 21.1. The van der Waals surface area contributed by atoms with Crippen molar-refractivity contribution >= 4 is 44.7 Å². The molecule has 1 atom stereocenters. The van der Waals surface area contributed by atoms with Gasteiger partial charge in [-0.1, -0.05) is 11.6 Å². The van der Waals surface area contributed by atoms with Crippen LogP contribution in [0.5, 0.6) is 0 Å². The minimum Gasteiger partial charge on any atom is -0.449 e. The molecule has 2 rings (SSSR count). The molecule has 11 heteroatoms. The number of nitrogens with one attached hydrogen (secondary N) is 1. The second-order valence-electron chi connectivity index (χ2n) is 5.76. The van der Waals surface area contributed by atoms with Gasteiger partial charge in [-0.25, -0.2) is 13.2 Å². The molecule has 0 aliphatic heterocycles. The minimum absolute atomic E-state index is 0.259. The number of carbonyl (C=O) groups is 2. The van der Waals surface area contributed by atoms with Crippen molar-refractivity contribution in [3.63, 3.8) is 0 Å². The Kier molecular flexibility index (Phi) is 6.37. The van der Waals surface area contributed by atoms with Crippen molar-refractivity contribution in [2.24, 2.45) is 0 Å². The molecule has 0 radical (unpaired) electrons. The molecule has 0 saturated heterocycles. The molecule has 2 aromatic rings. The second-order valence-corrected chi connectivity index (χ2v) is 8.18. The standard InChI is InChI=1S/C17H15ClN2O7S/c1-10(16(21)19-13-6-4-12(18)5-7-13)27-17(22)11-3-8-15(28(2,25)26)14(9-11)20(23)24/h3-10H,1-2H3,(H,19,21)/t10-/m0/s1. The Labute approximate surface area is 165 Å². The summed E-state index contributed by atoms with van der Waals surface area (Å²) in [4.78, 5) is 34.0. The number of esters is 1. The highest BCUT2D eigenvalue weighted by Gasteiger charge is 2.26. The van der Waals surface area contributed by atoms with Crippen LogP contribution in [-0.2, 0) is 19.4 Å². The Morgan fingerprint density at radius 2 is 1.79 bits per heavy atom. The monoisotopic (exact) mass is 426 g/mol. The predicted molar refractivity (Wildman–Crippen MR) is 101 cm³/mol. The first-order chi connectivity index (χ1) is 13.0. The third-order valence-electron chi connectivity index (χ3n) is 3.56. The molecular formula is C17H15ClN2O7S. The number of nitro groups is 1. The number of anilines is 1. The fourth-order valence-corrected chi connectivity index (χ4v) is 3.11. The molecule has 0 aromatic heterocycles. The van der Waals surface area contributed by atoms with E-state index in [2.05, 4.69) is 5.32 Å². The first-order valence-corrected chi connectivity index (χ1v) is 10.0. The van der Waals surface area contributed by atoms with Gasteiger partial charge in [-0.3, -0.25) is 14.9 Å². The van der Waals surface area contributed by atoms with Crippen LogP contribution in [0.2, 0.25) is 5.02 Å². The number of amides is 1. The van der Waals surface area contributed by atoms with Crippen molar-refractivity contribution < 1.29 is 27.7 Å². The molecule has 0 aliphatic rings. The van der Waals surface area contributed by atoms with Crippen LogP contribution in [0, 0.1) is 10.1 Å². The van der Waals surface area contributed by atoms with Crippen LogP contribution in [0.15, 0.2) is 47.4 Å². The molecule has 2 aromatic carbocycles. The number of nitro benzene ring substituents is 1. The van der Waals surface area contributed by atoms with Crippen molar-refractivity contribution in [1.82, 2.24) is 0 Å². The second kappa shape index (κ2) is 8.36. The molecule has 1 amide bonds. The Hall–Kier alpha value is -2.98. The number of benzene rings is 2. The zero-order valence-electron chi connectivity index (χ0n) is 14.7. The molecule has 0 bridgehead atoms. The number of halogens is 1. The molecule has 0 spiro atoms. The number of rotatable bonds is 6. The molecule has 0 unspecified atom stereocenters. The summed E-state index contributed by atoms with van der Waals surface area (Å²) >= 11 is 5.75. The highest BCUT2D eigenvalue weighted by Crippen LogP contribution is 2.25. The van der Waals surface area contributed by atoms with Gasteiger partial charge in [0.15, 0.2) is 15.9 Å². The number of ether oxygens (including phenoxy) is 1. The van der Waals surface area contributed by atoms with Crippen LogP contribution < -0.4 is 5.32 Å². The Bertz CT molecular complexity index is 1040. The van der Waals surface area contributed by atoms with Crippen LogP contribution in [0.25, 0.3) is 0 Å². The van der Waals surface area contributed by atoms with Crippen molar-refractivity contribution in [1.29, 1.82) is 0 Å². The fraction of sp³-hybridized carbons (Fsp3) is 0.176. The van der Waals surface area contributed by atoms with E-state index in [1.54, 1.807) is 24.3 Å². The molecule has 0 saturated carbocycles. The number of hydrogen-bond acceptors (Lipinski definition) is 7. The van der Waals surface area contributed by atoms with Crippen molar-refractivity contribution in [2.75, 3.05) is 11.6 Å². The van der Waals surface area contributed by atoms with E-state index in [9.17, 15) is 28.1 Å². The molecule has 1 N–H and O–H groups in total. The van der Waals surface area contributed by atoms with Crippen LogP contribution >= 0.6 is 11.6 Å². The summed E-state index contributed by atoms with van der Waals surface area (Å²) in [6.07, 6.45) is -0.395. The van der Waals surface area contributed by atoms with Gasteiger partial charge in [0, 0.05) is 23.0 Å². The van der Waals surface area contributed by atoms with Gasteiger partial charge in [-0.15, -0.1) is 0 Å². The van der Waals surface area contributed by atoms with E-state index in [0.717, 1.165) is 24.5 Å². The summed E-state index contributed by atoms with van der Waals surface area (Å²) < 4.78 is 28.2. The first-order valence-electron chi connectivity index (χ1n) is 7.75. The maximum Gasteiger partial charge on any atom is 0.339 e. The van der Waals surface area contributed by atoms with Crippen LogP contribution in [-0.4, -0.2) is 37.6 Å². The van der Waals surface area contributed by atoms with Gasteiger partial charge in [0.05, 0.1) is 10.5 Å². The molecule has 0 fully saturated rings. The first kappa shape index (κ1) is 21.3. The maximum absolute atomic E-state index is 12.2. The minimum atomic E-state index is -3.86. The lowest BCUT2D eigenvalue weighted by atomic mass is 10.2. The van der Waals surface area contributed by atoms with Crippen molar-refractivity contribution in [3.8, 4) is 0 Å². The van der Waals surface area contributed by atoms with E-state index in [0.29, 0.717) is 10.7 Å². The third-order valence-corrected chi connectivity index (χ3v) is 4.95. The third kappa shape index (κ3) is 5.27. The van der Waals surface area contributed by atoms with Crippen LogP contribution in [0.4, 0.5) is 11.4 Å². The Morgan fingerprint density at radius 3 is 2.32 bits per heavy atom. The van der Waals surface area contributed by atoms with Crippen molar-refractivity contribution in [3.05, 3.63) is 63.2 Å². The fourth-order valence-electron chi connectivity index (χ4n) is 2.16. The van der Waals surface area contributed by atoms with Gasteiger partial charge < -0.3 is 10.1 Å². The lowest BCUT2D eigenvalue weighted by Gasteiger charge is -2.14. The summed E-state index contributed by atoms with van der Waals surface area (Å²) in [7, 11) is -3.86. The van der Waals surface area contributed by atoms with Crippen LogP contribution in [0.3, 0.4) is 0 Å². The van der Waals surface area contributed by atoms with Crippen molar-refractivity contribution in [2.45, 2.75) is 17.9 Å². The smallest absolute Gasteiger partial charge is 0.339 e. The molecule has 9 nitrogen and oxygen atoms in total. The Morgan fingerprint density at radius 1 is 1.18 bits per heavy atom. The predicted octanol–water partition coefficient (Wildman–Crippen LogP) is 2.84. The number of nitrogens with zero attached hydrogens (tertiary/aromatic N) is 1. The summed E-state index contributed by atoms with van der Waals surface area (Å²) in [6, 6.07) is 9.07. The number of carbonyl (C=O) groups excluding carboxylic acids is 2. The summed E-state index contributed by atoms with van der Waals surface area (Å²) in [5.41, 5.74) is -0.578. The number of hydrogen-bond donors (Lipinski definition) is 1. The molecule has 28 heavy (non-hydrogen) atoms. The maximum atomic E-state index is 12.2. The largest absolute Gasteiger partial charge is 0.449 e. The molecular weight excluding hydrogens is 412 g/mol. The lowest BCUT2D eigenvalue weighted by Crippen LogP contribution is -2.30. The average molecular weight is 427 g/mol. The summed E-state index contributed by atoms with van der Waals surface area (Å²) in [5.74, 6) is -1.64. The van der Waals surface area contributed by atoms with Gasteiger partial charge in [0.1, 0.15) is 4.90 Å². The van der Waals surface area contributed by atoms with E-state index >= 15 is 0 Å². The average Bonchev–Trinajstić information content (AvgIpc) is 2.62. The van der Waals surface area contributed by atoms with Gasteiger partial charge in [0.2, 0.25) is 0 Å². The van der Waals surface area contributed by atoms with E-state index < -0.39 is 43.3 Å². The van der Waals surface area contributed by atoms with E-state index in [1.807, 2.05) is 0 Å². The zero-order valence-corrected chi connectivity index (χ0v) is 16.3. The summed E-state index contributed by atoms with van der Waals surface area (Å²) in [5, 5.41) is 14.1. The van der Waals surface area contributed by atoms with E-state index in [-0.39, 0.29) is 5.56 Å².